The molecule has 0 spiro atoms. The molecule has 0 bridgehead atoms. The number of nitrogens with zero attached hydrogens (tertiary/aromatic N) is 2. The molecule has 4 heteroatoms. The third kappa shape index (κ3) is 2.79. The summed E-state index contributed by atoms with van der Waals surface area (Å²) in [5, 5.41) is 0. The molecule has 0 unspecified atom stereocenters. The van der Waals surface area contributed by atoms with Crippen LogP contribution in [0.5, 0.6) is 0 Å². The Kier molecular flexibility index (Phi) is 4.03. The maximum atomic E-state index is 12.4. The molecule has 2 N–H and O–H groups in total. The highest BCUT2D eigenvalue weighted by Crippen LogP contribution is 2.22. The van der Waals surface area contributed by atoms with Gasteiger partial charge in [-0.3, -0.25) is 9.78 Å². The Morgan fingerprint density at radius 1 is 1.20 bits per heavy atom. The zero-order valence-electron chi connectivity index (χ0n) is 12.0. The lowest BCUT2D eigenvalue weighted by Crippen LogP contribution is -2.27. The van der Waals surface area contributed by atoms with E-state index in [4.69, 9.17) is 5.73 Å². The number of nitrogen functional groups attached to an aromatic ring is 1. The first-order chi connectivity index (χ1) is 9.50. The summed E-state index contributed by atoms with van der Waals surface area (Å²) in [5.74, 6) is 0.367. The van der Waals surface area contributed by atoms with Crippen molar-refractivity contribution >= 4 is 17.3 Å². The predicted molar refractivity (Wildman–Crippen MR) is 81.9 cm³/mol. The van der Waals surface area contributed by atoms with Crippen molar-refractivity contribution in [2.45, 2.75) is 19.8 Å². The molecule has 0 radical (unpaired) electrons. The number of carbonyl (C=O) groups excluding carboxylic acids is 1. The average Bonchev–Trinajstić information content (AvgIpc) is 2.46. The maximum Gasteiger partial charge on any atom is 0.258 e. The van der Waals surface area contributed by atoms with Gasteiger partial charge in [-0.2, -0.15) is 0 Å². The second-order valence-corrected chi connectivity index (χ2v) is 5.08. The minimum absolute atomic E-state index is 0.0850. The quantitative estimate of drug-likeness (QED) is 0.931. The number of aromatic nitrogens is 1. The van der Waals surface area contributed by atoms with Gasteiger partial charge in [0.2, 0.25) is 0 Å². The highest BCUT2D eigenvalue weighted by Gasteiger charge is 2.15. The van der Waals surface area contributed by atoms with E-state index in [2.05, 4.69) is 18.8 Å². The standard InChI is InChI=1S/C16H19N3O/c1-11(2)12-4-6-13(7-5-12)16(20)19(3)15-8-9-18-10-14(15)17/h4-11H,17H2,1-3H3. The van der Waals surface area contributed by atoms with E-state index in [0.29, 0.717) is 22.9 Å². The Morgan fingerprint density at radius 2 is 1.85 bits per heavy atom. The van der Waals surface area contributed by atoms with Gasteiger partial charge in [0, 0.05) is 18.8 Å². The molecule has 0 aliphatic carbocycles. The number of anilines is 2. The number of pyridine rings is 1. The van der Waals surface area contributed by atoms with Crippen LogP contribution < -0.4 is 10.6 Å². The van der Waals surface area contributed by atoms with Gasteiger partial charge in [0.25, 0.3) is 5.91 Å². The Balaban J connectivity index is 2.25. The van der Waals surface area contributed by atoms with Crippen molar-refractivity contribution in [3.8, 4) is 0 Å². The lowest BCUT2D eigenvalue weighted by molar-refractivity contribution is 0.0993. The van der Waals surface area contributed by atoms with Crippen molar-refractivity contribution in [1.82, 2.24) is 4.98 Å². The van der Waals surface area contributed by atoms with E-state index in [1.807, 2.05) is 24.3 Å². The Hall–Kier alpha value is -2.36. The van der Waals surface area contributed by atoms with E-state index >= 15 is 0 Å². The lowest BCUT2D eigenvalue weighted by atomic mass is 10.0. The zero-order chi connectivity index (χ0) is 14.7. The maximum absolute atomic E-state index is 12.4. The molecule has 0 saturated heterocycles. The Bertz CT molecular complexity index is 605. The van der Waals surface area contributed by atoms with Gasteiger partial charge in [-0.15, -0.1) is 0 Å². The summed E-state index contributed by atoms with van der Waals surface area (Å²) in [6, 6.07) is 9.41. The van der Waals surface area contributed by atoms with E-state index in [1.54, 1.807) is 30.4 Å². The van der Waals surface area contributed by atoms with Gasteiger partial charge in [0.15, 0.2) is 0 Å². The Morgan fingerprint density at radius 3 is 2.40 bits per heavy atom. The molecule has 20 heavy (non-hydrogen) atoms. The number of carbonyl (C=O) groups is 1. The fourth-order valence-electron chi connectivity index (χ4n) is 2.02. The van der Waals surface area contributed by atoms with E-state index in [-0.39, 0.29) is 5.91 Å². The molecule has 0 aliphatic heterocycles. The SMILES string of the molecule is CC(C)c1ccc(C(=O)N(C)c2ccncc2N)cc1. The fourth-order valence-corrected chi connectivity index (χ4v) is 2.02. The summed E-state index contributed by atoms with van der Waals surface area (Å²) >= 11 is 0. The largest absolute Gasteiger partial charge is 0.396 e. The van der Waals surface area contributed by atoms with Crippen LogP contribution in [0.4, 0.5) is 11.4 Å². The van der Waals surface area contributed by atoms with Crippen LogP contribution in [0.1, 0.15) is 35.7 Å². The molecule has 4 nitrogen and oxygen atoms in total. The van der Waals surface area contributed by atoms with E-state index in [1.165, 1.54) is 5.56 Å². The van der Waals surface area contributed by atoms with Gasteiger partial charge in [-0.05, 0) is 29.7 Å². The van der Waals surface area contributed by atoms with Crippen LogP contribution in [0.3, 0.4) is 0 Å². The monoisotopic (exact) mass is 269 g/mol. The first kappa shape index (κ1) is 14.1. The summed E-state index contributed by atoms with van der Waals surface area (Å²) in [5.41, 5.74) is 8.86. The van der Waals surface area contributed by atoms with Crippen molar-refractivity contribution < 1.29 is 4.79 Å². The fraction of sp³-hybridized carbons (Fsp3) is 0.250. The van der Waals surface area contributed by atoms with Gasteiger partial charge >= 0.3 is 0 Å². The number of hydrogen-bond acceptors (Lipinski definition) is 3. The van der Waals surface area contributed by atoms with Crippen LogP contribution in [-0.4, -0.2) is 17.9 Å². The first-order valence-corrected chi connectivity index (χ1v) is 6.58. The van der Waals surface area contributed by atoms with Gasteiger partial charge in [-0.25, -0.2) is 0 Å². The second-order valence-electron chi connectivity index (χ2n) is 5.08. The Labute approximate surface area is 119 Å². The van der Waals surface area contributed by atoms with Crippen molar-refractivity contribution in [3.63, 3.8) is 0 Å². The van der Waals surface area contributed by atoms with Crippen molar-refractivity contribution in [2.24, 2.45) is 0 Å². The highest BCUT2D eigenvalue weighted by molar-refractivity contribution is 6.07. The molecule has 0 saturated carbocycles. The van der Waals surface area contributed by atoms with Crippen LogP contribution in [0, 0.1) is 0 Å². The summed E-state index contributed by atoms with van der Waals surface area (Å²) in [7, 11) is 1.71. The van der Waals surface area contributed by atoms with Gasteiger partial charge in [0.1, 0.15) is 0 Å². The molecule has 0 atom stereocenters. The van der Waals surface area contributed by atoms with Gasteiger partial charge < -0.3 is 10.6 Å². The molecule has 2 rings (SSSR count). The smallest absolute Gasteiger partial charge is 0.258 e. The van der Waals surface area contributed by atoms with Gasteiger partial charge in [0.05, 0.1) is 17.6 Å². The minimum atomic E-state index is -0.0850. The minimum Gasteiger partial charge on any atom is -0.396 e. The number of hydrogen-bond donors (Lipinski definition) is 1. The van der Waals surface area contributed by atoms with Crippen LogP contribution in [0.15, 0.2) is 42.7 Å². The molecule has 1 aromatic carbocycles. The molecule has 1 amide bonds. The number of nitrogens with two attached hydrogens (primary N) is 1. The summed E-state index contributed by atoms with van der Waals surface area (Å²) in [6.07, 6.45) is 3.16. The van der Waals surface area contributed by atoms with Gasteiger partial charge in [-0.1, -0.05) is 26.0 Å². The molecule has 0 aliphatic rings. The van der Waals surface area contributed by atoms with Crippen molar-refractivity contribution in [2.75, 3.05) is 17.7 Å². The predicted octanol–water partition coefficient (Wildman–Crippen LogP) is 3.06. The normalized spacial score (nSPS) is 10.6. The molecule has 1 aromatic heterocycles. The third-order valence-corrected chi connectivity index (χ3v) is 3.32. The van der Waals surface area contributed by atoms with Crippen LogP contribution in [0.25, 0.3) is 0 Å². The van der Waals surface area contributed by atoms with Crippen LogP contribution in [-0.2, 0) is 0 Å². The number of rotatable bonds is 3. The van der Waals surface area contributed by atoms with E-state index in [9.17, 15) is 4.79 Å². The van der Waals surface area contributed by atoms with E-state index in [0.717, 1.165) is 0 Å². The summed E-state index contributed by atoms with van der Waals surface area (Å²) in [6.45, 7) is 4.25. The first-order valence-electron chi connectivity index (χ1n) is 6.58. The number of amides is 1. The zero-order valence-corrected chi connectivity index (χ0v) is 12.0. The second kappa shape index (κ2) is 5.74. The molecular weight excluding hydrogens is 250 g/mol. The molecular formula is C16H19N3O. The highest BCUT2D eigenvalue weighted by atomic mass is 16.2. The van der Waals surface area contributed by atoms with Crippen LogP contribution >= 0.6 is 0 Å². The molecule has 104 valence electrons. The third-order valence-electron chi connectivity index (χ3n) is 3.32. The molecule has 0 fully saturated rings. The number of benzene rings is 1. The molecule has 1 heterocycles. The van der Waals surface area contributed by atoms with Crippen molar-refractivity contribution in [1.29, 1.82) is 0 Å². The molecule has 2 aromatic rings. The van der Waals surface area contributed by atoms with Crippen LogP contribution in [0.2, 0.25) is 0 Å². The average molecular weight is 269 g/mol. The van der Waals surface area contributed by atoms with Crippen molar-refractivity contribution in [3.05, 3.63) is 53.9 Å². The lowest BCUT2D eigenvalue weighted by Gasteiger charge is -2.19. The topological polar surface area (TPSA) is 59.2 Å². The summed E-state index contributed by atoms with van der Waals surface area (Å²) in [4.78, 5) is 17.9. The van der Waals surface area contributed by atoms with E-state index < -0.39 is 0 Å². The summed E-state index contributed by atoms with van der Waals surface area (Å²) < 4.78 is 0.